The topological polar surface area (TPSA) is 86.8 Å². The predicted molar refractivity (Wildman–Crippen MR) is 188 cm³/mol. The number of hydrogen-bond acceptors (Lipinski definition) is 4. The maximum absolute atomic E-state index is 14.7. The second-order valence-corrected chi connectivity index (χ2v) is 14.7. The smallest absolute Gasteiger partial charge is 0.264 e. The van der Waals surface area contributed by atoms with Crippen LogP contribution in [0.5, 0.6) is 0 Å². The summed E-state index contributed by atoms with van der Waals surface area (Å²) in [5, 5.41) is 3.59. The van der Waals surface area contributed by atoms with Gasteiger partial charge in [0.2, 0.25) is 11.8 Å². The Morgan fingerprint density at radius 2 is 1.45 bits per heavy atom. The molecule has 0 bridgehead atoms. The molecule has 0 saturated heterocycles. The molecule has 1 aliphatic rings. The highest BCUT2D eigenvalue weighted by molar-refractivity contribution is 7.92. The molecular weight excluding hydrogens is 630 g/mol. The van der Waals surface area contributed by atoms with Crippen LogP contribution in [0.2, 0.25) is 5.02 Å². The van der Waals surface area contributed by atoms with Crippen molar-refractivity contribution in [2.45, 2.75) is 76.4 Å². The first-order chi connectivity index (χ1) is 22.5. The molecule has 1 aliphatic carbocycles. The summed E-state index contributed by atoms with van der Waals surface area (Å²) in [4.78, 5) is 30.4. The van der Waals surface area contributed by atoms with Crippen LogP contribution in [0.15, 0.2) is 102 Å². The molecule has 0 heterocycles. The molecule has 47 heavy (non-hydrogen) atoms. The van der Waals surface area contributed by atoms with Crippen molar-refractivity contribution in [1.29, 1.82) is 0 Å². The predicted octanol–water partition coefficient (Wildman–Crippen LogP) is 7.16. The molecule has 0 aliphatic heterocycles. The van der Waals surface area contributed by atoms with E-state index in [4.69, 9.17) is 11.6 Å². The number of aryl methyl sites for hydroxylation is 3. The van der Waals surface area contributed by atoms with Crippen LogP contribution in [0.4, 0.5) is 5.69 Å². The molecule has 0 radical (unpaired) electrons. The van der Waals surface area contributed by atoms with E-state index < -0.39 is 28.5 Å². The van der Waals surface area contributed by atoms with Crippen molar-refractivity contribution in [2.75, 3.05) is 10.8 Å². The Hall–Kier alpha value is -4.14. The van der Waals surface area contributed by atoms with Crippen LogP contribution in [0.25, 0.3) is 0 Å². The lowest BCUT2D eigenvalue weighted by Crippen LogP contribution is -2.54. The van der Waals surface area contributed by atoms with Gasteiger partial charge in [-0.3, -0.25) is 13.9 Å². The van der Waals surface area contributed by atoms with Gasteiger partial charge in [-0.1, -0.05) is 108 Å². The largest absolute Gasteiger partial charge is 0.352 e. The first-order valence-electron chi connectivity index (χ1n) is 16.1. The number of nitrogens with zero attached hydrogens (tertiary/aromatic N) is 2. The minimum atomic E-state index is -4.20. The molecule has 4 aromatic rings. The molecule has 9 heteroatoms. The lowest BCUT2D eigenvalue weighted by molar-refractivity contribution is -0.140. The molecule has 5 rings (SSSR count). The summed E-state index contributed by atoms with van der Waals surface area (Å²) in [6.45, 7) is 5.30. The fourth-order valence-corrected chi connectivity index (χ4v) is 7.50. The van der Waals surface area contributed by atoms with E-state index in [9.17, 15) is 18.0 Å². The summed E-state index contributed by atoms with van der Waals surface area (Å²) in [7, 11) is -4.20. The van der Waals surface area contributed by atoms with Gasteiger partial charge in [-0.05, 0) is 74.6 Å². The Morgan fingerprint density at radius 3 is 2.06 bits per heavy atom. The van der Waals surface area contributed by atoms with Gasteiger partial charge in [-0.25, -0.2) is 8.42 Å². The van der Waals surface area contributed by atoms with Gasteiger partial charge in [-0.15, -0.1) is 0 Å². The Morgan fingerprint density at radius 1 is 0.830 bits per heavy atom. The summed E-state index contributed by atoms with van der Waals surface area (Å²) < 4.78 is 29.6. The Kier molecular flexibility index (Phi) is 11.0. The monoisotopic (exact) mass is 671 g/mol. The van der Waals surface area contributed by atoms with Crippen molar-refractivity contribution in [3.63, 3.8) is 0 Å². The van der Waals surface area contributed by atoms with Gasteiger partial charge < -0.3 is 10.2 Å². The van der Waals surface area contributed by atoms with Gasteiger partial charge in [0.1, 0.15) is 12.6 Å². The van der Waals surface area contributed by atoms with Crippen molar-refractivity contribution in [3.05, 3.63) is 130 Å². The first kappa shape index (κ1) is 34.2. The second kappa shape index (κ2) is 15.2. The third-order valence-electron chi connectivity index (χ3n) is 8.78. The molecule has 0 aromatic heterocycles. The lowest BCUT2D eigenvalue weighted by Gasteiger charge is -2.34. The average molecular weight is 672 g/mol. The number of rotatable bonds is 12. The van der Waals surface area contributed by atoms with E-state index in [1.165, 1.54) is 17.0 Å². The fraction of sp³-hybridized carbons (Fsp3) is 0.316. The van der Waals surface area contributed by atoms with Crippen LogP contribution in [0.3, 0.4) is 0 Å². The number of amides is 2. The third-order valence-corrected chi connectivity index (χ3v) is 11.0. The number of anilines is 1. The minimum absolute atomic E-state index is 0.0465. The van der Waals surface area contributed by atoms with Crippen molar-refractivity contribution in [3.8, 4) is 0 Å². The molecule has 0 spiro atoms. The quantitative estimate of drug-likeness (QED) is 0.173. The van der Waals surface area contributed by atoms with Gasteiger partial charge in [0.05, 0.1) is 10.6 Å². The number of hydrogen-bond donors (Lipinski definition) is 1. The number of halogens is 1. The van der Waals surface area contributed by atoms with Crippen LogP contribution >= 0.6 is 11.6 Å². The third kappa shape index (κ3) is 8.62. The number of benzene rings is 4. The maximum Gasteiger partial charge on any atom is 0.264 e. The number of sulfonamides is 1. The molecule has 246 valence electrons. The normalized spacial score (nSPS) is 14.0. The minimum Gasteiger partial charge on any atom is -0.352 e. The van der Waals surface area contributed by atoms with Crippen LogP contribution in [0, 0.1) is 20.8 Å². The van der Waals surface area contributed by atoms with E-state index >= 15 is 0 Å². The highest BCUT2D eigenvalue weighted by Gasteiger charge is 2.35. The average Bonchev–Trinajstić information content (AvgIpc) is 3.57. The zero-order valence-corrected chi connectivity index (χ0v) is 28.7. The van der Waals surface area contributed by atoms with Gasteiger partial charge in [0.15, 0.2) is 0 Å². The SMILES string of the molecule is Cc1ccc(CN(C(=O)CN(c2ccc(C)c(Cl)c2)S(=O)(=O)c2ccc(C)cc2)C(Cc2ccccc2)C(=O)NC2CCCC2)cc1. The molecule has 1 unspecified atom stereocenters. The number of nitrogens with one attached hydrogen (secondary N) is 1. The summed E-state index contributed by atoms with van der Waals surface area (Å²) >= 11 is 6.49. The molecule has 4 aromatic carbocycles. The van der Waals surface area contributed by atoms with E-state index in [2.05, 4.69) is 5.32 Å². The van der Waals surface area contributed by atoms with Gasteiger partial charge in [0.25, 0.3) is 10.0 Å². The number of carbonyl (C=O) groups is 2. The maximum atomic E-state index is 14.7. The van der Waals surface area contributed by atoms with Crippen LogP contribution in [-0.4, -0.2) is 43.8 Å². The Labute approximate surface area is 283 Å². The van der Waals surface area contributed by atoms with E-state index in [0.29, 0.717) is 5.02 Å². The van der Waals surface area contributed by atoms with E-state index in [-0.39, 0.29) is 35.5 Å². The first-order valence-corrected chi connectivity index (χ1v) is 17.9. The zero-order chi connectivity index (χ0) is 33.6. The van der Waals surface area contributed by atoms with Crippen LogP contribution in [0.1, 0.15) is 53.5 Å². The van der Waals surface area contributed by atoms with Crippen molar-refractivity contribution >= 4 is 39.1 Å². The molecule has 1 fully saturated rings. The Bertz CT molecular complexity index is 1790. The fourth-order valence-electron chi connectivity index (χ4n) is 5.91. The van der Waals surface area contributed by atoms with Crippen molar-refractivity contribution in [1.82, 2.24) is 10.2 Å². The van der Waals surface area contributed by atoms with E-state index in [1.807, 2.05) is 75.4 Å². The Balaban J connectivity index is 1.57. The summed E-state index contributed by atoms with van der Waals surface area (Å²) in [5.74, 6) is -0.743. The lowest BCUT2D eigenvalue weighted by atomic mass is 10.0. The molecule has 1 N–H and O–H groups in total. The van der Waals surface area contributed by atoms with Crippen molar-refractivity contribution < 1.29 is 18.0 Å². The highest BCUT2D eigenvalue weighted by atomic mass is 35.5. The molecule has 1 saturated carbocycles. The van der Waals surface area contributed by atoms with Crippen LogP contribution in [-0.2, 0) is 32.6 Å². The standard InChI is InChI=1S/C38H42ClN3O4S/c1-27-13-18-31(19-14-27)25-41(36(23-30-9-5-4-6-10-30)38(44)40-32-11-7-8-12-32)37(43)26-42(33-20-17-29(3)35(39)24-33)47(45,46)34-21-15-28(2)16-22-34/h4-6,9-10,13-22,24,32,36H,7-8,11-12,23,25-26H2,1-3H3,(H,40,44). The van der Waals surface area contributed by atoms with Crippen molar-refractivity contribution in [2.24, 2.45) is 0 Å². The summed E-state index contributed by atoms with van der Waals surface area (Å²) in [6.07, 6.45) is 4.16. The molecular formula is C38H42ClN3O4S. The highest BCUT2D eigenvalue weighted by Crippen LogP contribution is 2.29. The van der Waals surface area contributed by atoms with E-state index in [0.717, 1.165) is 57.8 Å². The summed E-state index contributed by atoms with van der Waals surface area (Å²) in [5.41, 5.74) is 4.75. The second-order valence-electron chi connectivity index (χ2n) is 12.5. The summed E-state index contributed by atoms with van der Waals surface area (Å²) in [6, 6.07) is 28.0. The zero-order valence-electron chi connectivity index (χ0n) is 27.2. The molecule has 2 amide bonds. The molecule has 7 nitrogen and oxygen atoms in total. The van der Waals surface area contributed by atoms with Gasteiger partial charge in [-0.2, -0.15) is 0 Å². The van der Waals surface area contributed by atoms with Gasteiger partial charge in [0, 0.05) is 24.0 Å². The molecule has 1 atom stereocenters. The van der Waals surface area contributed by atoms with Gasteiger partial charge >= 0.3 is 0 Å². The number of carbonyl (C=O) groups excluding carboxylic acids is 2. The van der Waals surface area contributed by atoms with E-state index in [1.54, 1.807) is 30.3 Å². The van der Waals surface area contributed by atoms with Crippen LogP contribution < -0.4 is 9.62 Å².